The second-order valence-corrected chi connectivity index (χ2v) is 4.29. The van der Waals surface area contributed by atoms with E-state index < -0.39 is 0 Å². The van der Waals surface area contributed by atoms with E-state index in [1.165, 1.54) is 17.5 Å². The van der Waals surface area contributed by atoms with Crippen molar-refractivity contribution in [1.29, 1.82) is 0 Å². The number of aryl methyl sites for hydroxylation is 2. The predicted molar refractivity (Wildman–Crippen MR) is 69.2 cm³/mol. The number of benzene rings is 1. The number of ether oxygens (including phenoxy) is 1. The largest absolute Gasteiger partial charge is 0.497 e. The molecule has 2 heteroatoms. The number of hydrogen-bond donors (Lipinski definition) is 1. The minimum atomic E-state index is 0.589. The maximum atomic E-state index is 5.20. The monoisotopic (exact) mass is 221 g/mol. The lowest BCUT2D eigenvalue weighted by Gasteiger charge is -2.13. The fraction of sp³-hybridized carbons (Fsp3) is 0.571. The average Bonchev–Trinajstić information content (AvgIpc) is 2.27. The smallest absolute Gasteiger partial charge is 0.119 e. The zero-order valence-electron chi connectivity index (χ0n) is 10.8. The molecule has 0 aliphatic heterocycles. The Labute approximate surface area is 99.0 Å². The van der Waals surface area contributed by atoms with Crippen LogP contribution in [0.5, 0.6) is 5.75 Å². The molecular weight excluding hydrogens is 198 g/mol. The molecule has 1 atom stereocenters. The Morgan fingerprint density at radius 3 is 2.69 bits per heavy atom. The second-order valence-electron chi connectivity index (χ2n) is 4.29. The molecule has 0 aliphatic carbocycles. The van der Waals surface area contributed by atoms with Gasteiger partial charge in [0, 0.05) is 6.04 Å². The molecule has 0 radical (unpaired) electrons. The highest BCUT2D eigenvalue weighted by molar-refractivity contribution is 5.34. The highest BCUT2D eigenvalue weighted by atomic mass is 16.5. The first kappa shape index (κ1) is 13.0. The minimum absolute atomic E-state index is 0.589. The maximum Gasteiger partial charge on any atom is 0.119 e. The van der Waals surface area contributed by atoms with Gasteiger partial charge < -0.3 is 10.1 Å². The Bertz CT molecular complexity index is 323. The quantitative estimate of drug-likeness (QED) is 0.797. The third-order valence-corrected chi connectivity index (χ3v) is 2.95. The summed E-state index contributed by atoms with van der Waals surface area (Å²) in [7, 11) is 1.71. The molecule has 0 aliphatic rings. The number of rotatable bonds is 6. The van der Waals surface area contributed by atoms with Crippen molar-refractivity contribution in [2.24, 2.45) is 0 Å². The summed E-state index contributed by atoms with van der Waals surface area (Å²) >= 11 is 0. The molecule has 0 aromatic heterocycles. The van der Waals surface area contributed by atoms with Gasteiger partial charge in [0.2, 0.25) is 0 Å². The molecule has 1 rings (SSSR count). The summed E-state index contributed by atoms with van der Waals surface area (Å²) in [6.45, 7) is 7.58. The molecule has 1 aromatic rings. The van der Waals surface area contributed by atoms with Crippen LogP contribution in [0, 0.1) is 6.92 Å². The Balaban J connectivity index is 2.54. The Morgan fingerprint density at radius 1 is 1.38 bits per heavy atom. The number of methoxy groups -OCH3 is 1. The van der Waals surface area contributed by atoms with E-state index in [4.69, 9.17) is 4.74 Å². The molecule has 16 heavy (non-hydrogen) atoms. The highest BCUT2D eigenvalue weighted by Crippen LogP contribution is 2.18. The van der Waals surface area contributed by atoms with Crippen molar-refractivity contribution >= 4 is 0 Å². The van der Waals surface area contributed by atoms with Crippen LogP contribution in [0.3, 0.4) is 0 Å². The maximum absolute atomic E-state index is 5.20. The van der Waals surface area contributed by atoms with Gasteiger partial charge in [-0.15, -0.1) is 0 Å². The van der Waals surface area contributed by atoms with Crippen LogP contribution in [-0.4, -0.2) is 19.7 Å². The normalized spacial score (nSPS) is 12.5. The third-order valence-electron chi connectivity index (χ3n) is 2.95. The zero-order valence-corrected chi connectivity index (χ0v) is 10.8. The van der Waals surface area contributed by atoms with Crippen molar-refractivity contribution in [3.8, 4) is 5.75 Å². The Kier molecular flexibility index (Phi) is 5.33. The van der Waals surface area contributed by atoms with E-state index in [1.54, 1.807) is 7.11 Å². The summed E-state index contributed by atoms with van der Waals surface area (Å²) in [6, 6.07) is 6.91. The van der Waals surface area contributed by atoms with Crippen LogP contribution < -0.4 is 10.1 Å². The highest BCUT2D eigenvalue weighted by Gasteiger charge is 2.04. The lowest BCUT2D eigenvalue weighted by atomic mass is 10.0. The Hall–Kier alpha value is -1.02. The zero-order chi connectivity index (χ0) is 12.0. The SMILES string of the molecule is CCNC(C)CCc1ccc(OC)cc1C. The molecule has 90 valence electrons. The third kappa shape index (κ3) is 3.86. The molecule has 0 spiro atoms. The summed E-state index contributed by atoms with van der Waals surface area (Å²) in [6.07, 6.45) is 2.31. The summed E-state index contributed by atoms with van der Waals surface area (Å²) in [4.78, 5) is 0. The van der Waals surface area contributed by atoms with Gasteiger partial charge in [-0.25, -0.2) is 0 Å². The van der Waals surface area contributed by atoms with Gasteiger partial charge in [0.15, 0.2) is 0 Å². The van der Waals surface area contributed by atoms with Gasteiger partial charge in [-0.2, -0.15) is 0 Å². The van der Waals surface area contributed by atoms with Gasteiger partial charge in [0.05, 0.1) is 7.11 Å². The van der Waals surface area contributed by atoms with E-state index in [0.29, 0.717) is 6.04 Å². The first-order valence-electron chi connectivity index (χ1n) is 6.04. The average molecular weight is 221 g/mol. The van der Waals surface area contributed by atoms with E-state index >= 15 is 0 Å². The lowest BCUT2D eigenvalue weighted by Crippen LogP contribution is -2.25. The number of nitrogens with one attached hydrogen (secondary N) is 1. The van der Waals surface area contributed by atoms with Gasteiger partial charge in [-0.3, -0.25) is 0 Å². The molecule has 0 saturated heterocycles. The molecule has 1 aromatic carbocycles. The molecule has 0 fully saturated rings. The molecule has 1 unspecified atom stereocenters. The predicted octanol–water partition coefficient (Wildman–Crippen LogP) is 2.93. The van der Waals surface area contributed by atoms with Crippen LogP contribution in [0.4, 0.5) is 0 Å². The summed E-state index contributed by atoms with van der Waals surface area (Å²) in [5, 5.41) is 3.43. The first-order valence-corrected chi connectivity index (χ1v) is 6.04. The van der Waals surface area contributed by atoms with Crippen LogP contribution in [0.25, 0.3) is 0 Å². The number of hydrogen-bond acceptors (Lipinski definition) is 2. The minimum Gasteiger partial charge on any atom is -0.497 e. The Morgan fingerprint density at radius 2 is 2.12 bits per heavy atom. The molecule has 1 N–H and O–H groups in total. The summed E-state index contributed by atoms with van der Waals surface area (Å²) < 4.78 is 5.20. The summed E-state index contributed by atoms with van der Waals surface area (Å²) in [5.74, 6) is 0.945. The van der Waals surface area contributed by atoms with E-state index in [2.05, 4.69) is 38.2 Å². The molecular formula is C14H23NO. The van der Waals surface area contributed by atoms with Crippen molar-refractivity contribution in [2.75, 3.05) is 13.7 Å². The van der Waals surface area contributed by atoms with Gasteiger partial charge in [-0.05, 0) is 56.5 Å². The van der Waals surface area contributed by atoms with Crippen LogP contribution in [0.1, 0.15) is 31.4 Å². The molecule has 0 saturated carbocycles. The van der Waals surface area contributed by atoms with E-state index in [0.717, 1.165) is 18.7 Å². The van der Waals surface area contributed by atoms with Crippen LogP contribution in [0.15, 0.2) is 18.2 Å². The van der Waals surface area contributed by atoms with Crippen molar-refractivity contribution in [3.63, 3.8) is 0 Å². The summed E-state index contributed by atoms with van der Waals surface area (Å²) in [5.41, 5.74) is 2.74. The van der Waals surface area contributed by atoms with Crippen molar-refractivity contribution in [3.05, 3.63) is 29.3 Å². The molecule has 0 heterocycles. The van der Waals surface area contributed by atoms with Crippen LogP contribution >= 0.6 is 0 Å². The van der Waals surface area contributed by atoms with Gasteiger partial charge in [-0.1, -0.05) is 13.0 Å². The van der Waals surface area contributed by atoms with Gasteiger partial charge in [0.1, 0.15) is 5.75 Å². The fourth-order valence-electron chi connectivity index (χ4n) is 1.90. The van der Waals surface area contributed by atoms with Gasteiger partial charge in [0.25, 0.3) is 0 Å². The fourth-order valence-corrected chi connectivity index (χ4v) is 1.90. The second kappa shape index (κ2) is 6.54. The van der Waals surface area contributed by atoms with Crippen LogP contribution in [-0.2, 0) is 6.42 Å². The van der Waals surface area contributed by atoms with Crippen molar-refractivity contribution in [1.82, 2.24) is 5.32 Å². The van der Waals surface area contributed by atoms with Crippen LogP contribution in [0.2, 0.25) is 0 Å². The molecule has 2 nitrogen and oxygen atoms in total. The standard InChI is InChI=1S/C14H23NO/c1-5-15-12(3)6-7-13-8-9-14(16-4)10-11(13)2/h8-10,12,15H,5-7H2,1-4H3. The van der Waals surface area contributed by atoms with Gasteiger partial charge >= 0.3 is 0 Å². The van der Waals surface area contributed by atoms with E-state index in [9.17, 15) is 0 Å². The topological polar surface area (TPSA) is 21.3 Å². The first-order chi connectivity index (χ1) is 7.67. The van der Waals surface area contributed by atoms with E-state index in [-0.39, 0.29) is 0 Å². The lowest BCUT2D eigenvalue weighted by molar-refractivity contribution is 0.414. The molecule has 0 bridgehead atoms. The van der Waals surface area contributed by atoms with Crippen molar-refractivity contribution in [2.45, 2.75) is 39.7 Å². The van der Waals surface area contributed by atoms with E-state index in [1.807, 2.05) is 6.07 Å². The molecule has 0 amide bonds. The van der Waals surface area contributed by atoms with Crippen molar-refractivity contribution < 1.29 is 4.74 Å².